The van der Waals surface area contributed by atoms with E-state index in [-0.39, 0.29) is 22.3 Å². The highest BCUT2D eigenvalue weighted by atomic mass is 16.6. The lowest BCUT2D eigenvalue weighted by molar-refractivity contribution is -0.108. The molecule has 5 atom stereocenters. The first-order chi connectivity index (χ1) is 8.32. The van der Waals surface area contributed by atoms with Crippen molar-refractivity contribution in [1.82, 2.24) is 0 Å². The van der Waals surface area contributed by atoms with Crippen LogP contribution in [-0.2, 0) is 4.74 Å². The monoisotopic (exact) mass is 250 g/mol. The summed E-state index contributed by atoms with van der Waals surface area (Å²) in [5, 5.41) is 20.9. The summed E-state index contributed by atoms with van der Waals surface area (Å²) in [5.41, 5.74) is 2.60. The van der Waals surface area contributed by atoms with Gasteiger partial charge in [-0.2, -0.15) is 0 Å². The molecule has 4 rings (SSSR count). The molecule has 1 heterocycles. The lowest BCUT2D eigenvalue weighted by Crippen LogP contribution is -2.40. The van der Waals surface area contributed by atoms with Crippen LogP contribution in [0.5, 0.6) is 0 Å². The van der Waals surface area contributed by atoms with Gasteiger partial charge >= 0.3 is 0 Å². The first kappa shape index (κ1) is 11.4. The molecule has 2 N–H and O–H groups in total. The number of hydrogen-bond acceptors (Lipinski definition) is 3. The fourth-order valence-corrected chi connectivity index (χ4v) is 5.20. The van der Waals surface area contributed by atoms with E-state index in [0.29, 0.717) is 12.5 Å². The van der Waals surface area contributed by atoms with Crippen molar-refractivity contribution in [3.05, 3.63) is 11.1 Å². The Labute approximate surface area is 108 Å². The maximum absolute atomic E-state index is 10.7. The predicted octanol–water partition coefficient (Wildman–Crippen LogP) is 1.84. The smallest absolute Gasteiger partial charge is 0.165 e. The molecule has 100 valence electrons. The summed E-state index contributed by atoms with van der Waals surface area (Å²) < 4.78 is 5.52. The summed E-state index contributed by atoms with van der Waals surface area (Å²) in [4.78, 5) is 0. The Kier molecular flexibility index (Phi) is 1.82. The van der Waals surface area contributed by atoms with Crippen molar-refractivity contribution in [1.29, 1.82) is 0 Å². The molecule has 3 heteroatoms. The van der Waals surface area contributed by atoms with Crippen molar-refractivity contribution < 1.29 is 14.9 Å². The molecular formula is C15H22O3. The molecule has 0 amide bonds. The SMILES string of the molecule is CC1(C)CC2=C3COC(O)[C@@]34C[C@@]4(C)[C@@H](O)[C@@H]2C1. The Bertz CT molecular complexity index is 466. The average Bonchev–Trinajstić information content (AvgIpc) is 2.61. The Morgan fingerprint density at radius 2 is 1.94 bits per heavy atom. The van der Waals surface area contributed by atoms with Crippen LogP contribution in [-0.4, -0.2) is 29.2 Å². The number of rotatable bonds is 0. The van der Waals surface area contributed by atoms with Crippen LogP contribution in [0.4, 0.5) is 0 Å². The summed E-state index contributed by atoms with van der Waals surface area (Å²) in [6, 6.07) is 0. The molecule has 1 spiro atoms. The fraction of sp³-hybridized carbons (Fsp3) is 0.867. The molecule has 1 saturated heterocycles. The molecule has 4 aliphatic rings. The third kappa shape index (κ3) is 1.01. The molecule has 3 aliphatic carbocycles. The van der Waals surface area contributed by atoms with Gasteiger partial charge in [-0.05, 0) is 30.3 Å². The van der Waals surface area contributed by atoms with Crippen molar-refractivity contribution in [3.8, 4) is 0 Å². The van der Waals surface area contributed by atoms with Crippen LogP contribution in [0.1, 0.15) is 40.0 Å². The third-order valence-electron chi connectivity index (χ3n) is 6.20. The minimum Gasteiger partial charge on any atom is -0.392 e. The van der Waals surface area contributed by atoms with Crippen LogP contribution in [0.25, 0.3) is 0 Å². The molecule has 3 fully saturated rings. The predicted molar refractivity (Wildman–Crippen MR) is 66.7 cm³/mol. The second-order valence-corrected chi connectivity index (χ2v) is 7.83. The van der Waals surface area contributed by atoms with E-state index in [4.69, 9.17) is 4.74 Å². The van der Waals surface area contributed by atoms with Gasteiger partial charge in [0.1, 0.15) is 0 Å². The Morgan fingerprint density at radius 3 is 2.67 bits per heavy atom. The molecule has 2 saturated carbocycles. The highest BCUT2D eigenvalue weighted by Crippen LogP contribution is 2.78. The second kappa shape index (κ2) is 2.87. The number of fused-ring (bicyclic) bond motifs is 1. The summed E-state index contributed by atoms with van der Waals surface area (Å²) in [6.07, 6.45) is 1.99. The molecule has 0 aromatic heterocycles. The van der Waals surface area contributed by atoms with E-state index < -0.39 is 6.29 Å². The van der Waals surface area contributed by atoms with Gasteiger partial charge in [-0.25, -0.2) is 0 Å². The van der Waals surface area contributed by atoms with Gasteiger partial charge in [0.25, 0.3) is 0 Å². The molecule has 1 unspecified atom stereocenters. The first-order valence-electron chi connectivity index (χ1n) is 7.02. The zero-order valence-electron chi connectivity index (χ0n) is 11.4. The Morgan fingerprint density at radius 1 is 1.22 bits per heavy atom. The zero-order chi connectivity index (χ0) is 12.9. The molecule has 0 aromatic carbocycles. The lowest BCUT2D eigenvalue weighted by Gasteiger charge is -2.36. The van der Waals surface area contributed by atoms with Gasteiger partial charge in [0.05, 0.1) is 18.1 Å². The quantitative estimate of drug-likeness (QED) is 0.645. The van der Waals surface area contributed by atoms with Crippen molar-refractivity contribution in [3.63, 3.8) is 0 Å². The van der Waals surface area contributed by atoms with Gasteiger partial charge in [0.2, 0.25) is 0 Å². The van der Waals surface area contributed by atoms with Gasteiger partial charge in [-0.3, -0.25) is 0 Å². The van der Waals surface area contributed by atoms with E-state index in [2.05, 4.69) is 20.8 Å². The van der Waals surface area contributed by atoms with Gasteiger partial charge in [-0.1, -0.05) is 26.3 Å². The largest absolute Gasteiger partial charge is 0.392 e. The van der Waals surface area contributed by atoms with Gasteiger partial charge in [0.15, 0.2) is 6.29 Å². The highest BCUT2D eigenvalue weighted by molar-refractivity contribution is 5.46. The zero-order valence-corrected chi connectivity index (χ0v) is 11.4. The Balaban J connectivity index is 1.89. The van der Waals surface area contributed by atoms with Crippen molar-refractivity contribution in [2.75, 3.05) is 6.61 Å². The molecule has 0 bridgehead atoms. The van der Waals surface area contributed by atoms with E-state index in [0.717, 1.165) is 19.3 Å². The second-order valence-electron chi connectivity index (χ2n) is 7.83. The van der Waals surface area contributed by atoms with Crippen LogP contribution in [0.2, 0.25) is 0 Å². The number of aliphatic hydroxyl groups excluding tert-OH is 2. The van der Waals surface area contributed by atoms with Crippen LogP contribution in [0.3, 0.4) is 0 Å². The minimum atomic E-state index is -0.704. The van der Waals surface area contributed by atoms with Crippen LogP contribution >= 0.6 is 0 Å². The van der Waals surface area contributed by atoms with Crippen molar-refractivity contribution in [2.45, 2.75) is 52.4 Å². The standard InChI is InChI=1S/C15H22O3/c1-13(2)4-8-9(5-13)11(16)14(3)7-15(14)10(8)6-18-12(15)17/h9,11-12,16-17H,4-7H2,1-3H3/t9-,11+,12?,14+,15-/m1/s1. The molecule has 0 aromatic rings. The van der Waals surface area contributed by atoms with Crippen molar-refractivity contribution >= 4 is 0 Å². The van der Waals surface area contributed by atoms with E-state index in [1.165, 1.54) is 11.1 Å². The topological polar surface area (TPSA) is 49.7 Å². The molecule has 3 nitrogen and oxygen atoms in total. The summed E-state index contributed by atoms with van der Waals surface area (Å²) in [6.45, 7) is 7.25. The van der Waals surface area contributed by atoms with Crippen molar-refractivity contribution in [2.24, 2.45) is 22.2 Å². The van der Waals surface area contributed by atoms with Crippen LogP contribution in [0, 0.1) is 22.2 Å². The maximum Gasteiger partial charge on any atom is 0.165 e. The van der Waals surface area contributed by atoms with Crippen LogP contribution < -0.4 is 0 Å². The fourth-order valence-electron chi connectivity index (χ4n) is 5.20. The van der Waals surface area contributed by atoms with Gasteiger partial charge in [-0.15, -0.1) is 0 Å². The van der Waals surface area contributed by atoms with Gasteiger partial charge in [0, 0.05) is 11.3 Å². The molecule has 1 aliphatic heterocycles. The third-order valence-corrected chi connectivity index (χ3v) is 6.20. The first-order valence-corrected chi connectivity index (χ1v) is 7.02. The van der Waals surface area contributed by atoms with Gasteiger partial charge < -0.3 is 14.9 Å². The summed E-state index contributed by atoms with van der Waals surface area (Å²) in [5.74, 6) is 0.296. The lowest BCUT2D eigenvalue weighted by atomic mass is 9.70. The summed E-state index contributed by atoms with van der Waals surface area (Å²) in [7, 11) is 0. The van der Waals surface area contributed by atoms with Crippen LogP contribution in [0.15, 0.2) is 11.1 Å². The molecule has 18 heavy (non-hydrogen) atoms. The maximum atomic E-state index is 10.7. The average molecular weight is 250 g/mol. The van der Waals surface area contributed by atoms with E-state index in [9.17, 15) is 10.2 Å². The number of hydrogen-bond donors (Lipinski definition) is 2. The van der Waals surface area contributed by atoms with E-state index >= 15 is 0 Å². The number of ether oxygens (including phenoxy) is 1. The molecule has 0 radical (unpaired) electrons. The van der Waals surface area contributed by atoms with E-state index in [1.54, 1.807) is 0 Å². The highest BCUT2D eigenvalue weighted by Gasteiger charge is 2.79. The number of aliphatic hydroxyl groups is 2. The Hall–Kier alpha value is -0.380. The minimum absolute atomic E-state index is 0.160. The van der Waals surface area contributed by atoms with E-state index in [1.807, 2.05) is 0 Å². The molecular weight excluding hydrogens is 228 g/mol. The summed E-state index contributed by atoms with van der Waals surface area (Å²) >= 11 is 0. The normalized spacial score (nSPS) is 56.2.